The van der Waals surface area contributed by atoms with Crippen LogP contribution in [-0.2, 0) is 22.3 Å². The number of para-hydroxylation sites is 1. The van der Waals surface area contributed by atoms with Crippen molar-refractivity contribution in [3.8, 4) is 0 Å². The van der Waals surface area contributed by atoms with Gasteiger partial charge in [0.1, 0.15) is 5.25 Å². The highest BCUT2D eigenvalue weighted by Crippen LogP contribution is 2.36. The summed E-state index contributed by atoms with van der Waals surface area (Å²) >= 11 is 7.19. The summed E-state index contributed by atoms with van der Waals surface area (Å²) in [7, 11) is 0. The zero-order valence-electron chi connectivity index (χ0n) is 20.9. The van der Waals surface area contributed by atoms with E-state index in [4.69, 9.17) is 16.6 Å². The largest absolute Gasteiger partial charge is 0.416 e. The molecule has 1 aliphatic heterocycles. The molecule has 2 amide bonds. The van der Waals surface area contributed by atoms with E-state index in [0.717, 1.165) is 57.9 Å². The number of alkyl halides is 3. The number of nitrogens with zero attached hydrogens (tertiary/aromatic N) is 2. The Morgan fingerprint density at radius 1 is 1.05 bits per heavy atom. The molecule has 10 heteroatoms. The fraction of sp³-hybridized carbons (Fsp3) is 0.250. The number of hydrogen-bond acceptors (Lipinski definition) is 4. The average Bonchev–Trinajstić information content (AvgIpc) is 3.12. The molecule has 3 aromatic rings. The Kier molecular flexibility index (Phi) is 8.18. The van der Waals surface area contributed by atoms with Crippen molar-refractivity contribution in [3.05, 3.63) is 93.5 Å². The lowest BCUT2D eigenvalue weighted by Gasteiger charge is -2.17. The Balaban J connectivity index is 1.59. The van der Waals surface area contributed by atoms with E-state index in [-0.39, 0.29) is 29.6 Å². The Morgan fingerprint density at radius 3 is 2.34 bits per heavy atom. The van der Waals surface area contributed by atoms with Gasteiger partial charge in [-0.05, 0) is 55.7 Å². The summed E-state index contributed by atoms with van der Waals surface area (Å²) in [6.45, 7) is 6.11. The molecule has 0 aromatic heterocycles. The van der Waals surface area contributed by atoms with E-state index in [2.05, 4.69) is 5.32 Å². The van der Waals surface area contributed by atoms with Gasteiger partial charge in [-0.15, -0.1) is 0 Å². The normalized spacial score (nSPS) is 16.8. The highest BCUT2D eigenvalue weighted by molar-refractivity contribution is 8.15. The zero-order valence-corrected chi connectivity index (χ0v) is 22.5. The molecule has 1 heterocycles. The number of thioether (sulfide) groups is 1. The quantitative estimate of drug-likeness (QED) is 0.341. The molecule has 0 saturated carbocycles. The minimum absolute atomic E-state index is 0.0324. The van der Waals surface area contributed by atoms with Crippen LogP contribution in [0.2, 0.25) is 5.02 Å². The van der Waals surface area contributed by atoms with Crippen molar-refractivity contribution >= 4 is 51.7 Å². The first-order valence-electron chi connectivity index (χ1n) is 11.8. The fourth-order valence-electron chi connectivity index (χ4n) is 3.99. The summed E-state index contributed by atoms with van der Waals surface area (Å²) < 4.78 is 39.3. The number of nitrogens with one attached hydrogen (secondary N) is 1. The lowest BCUT2D eigenvalue weighted by Crippen LogP contribution is -2.33. The van der Waals surface area contributed by atoms with Crippen LogP contribution in [0, 0.1) is 20.8 Å². The number of carbonyl (C=O) groups excluding carboxylic acids is 2. The molecule has 1 N–H and O–H groups in total. The SMILES string of the molecule is Cc1ccc(CN2C(=O)[C@H](CC(=O)Nc3cc(C(F)(F)F)ccc3Cl)SC2=Nc2c(C)cccc2C)cc1. The highest BCUT2D eigenvalue weighted by atomic mass is 35.5. The van der Waals surface area contributed by atoms with E-state index < -0.39 is 22.9 Å². The van der Waals surface area contributed by atoms with Gasteiger partial charge in [-0.2, -0.15) is 13.2 Å². The lowest BCUT2D eigenvalue weighted by molar-refractivity contribution is -0.137. The first-order valence-corrected chi connectivity index (χ1v) is 13.0. The highest BCUT2D eigenvalue weighted by Gasteiger charge is 2.39. The Labute approximate surface area is 228 Å². The molecule has 5 nitrogen and oxygen atoms in total. The van der Waals surface area contributed by atoms with Crippen molar-refractivity contribution in [1.29, 1.82) is 0 Å². The van der Waals surface area contributed by atoms with Crippen LogP contribution >= 0.6 is 23.4 Å². The summed E-state index contributed by atoms with van der Waals surface area (Å²) in [5, 5.41) is 2.06. The molecule has 0 aliphatic carbocycles. The van der Waals surface area contributed by atoms with Crippen LogP contribution in [0.4, 0.5) is 24.5 Å². The van der Waals surface area contributed by atoms with Crippen LogP contribution in [0.3, 0.4) is 0 Å². The number of halogens is 4. The van der Waals surface area contributed by atoms with Gasteiger partial charge in [0.15, 0.2) is 5.17 Å². The summed E-state index contributed by atoms with van der Waals surface area (Å²) in [5.41, 5.74) is 3.53. The van der Waals surface area contributed by atoms with Gasteiger partial charge in [0.25, 0.3) is 0 Å². The van der Waals surface area contributed by atoms with E-state index in [1.165, 1.54) is 0 Å². The first kappa shape index (κ1) is 27.7. The standard InChI is InChI=1S/C28H25ClF3N3O2S/c1-16-7-9-19(10-8-16)15-35-26(37)23(38-27(35)34-25-17(2)5-4-6-18(25)3)14-24(36)33-22-13-20(28(30,31)32)11-12-21(22)29/h4-13,23H,14-15H2,1-3H3,(H,33,36)/t23-/m0/s1. The predicted octanol–water partition coefficient (Wildman–Crippen LogP) is 7.44. The first-order chi connectivity index (χ1) is 17.9. The van der Waals surface area contributed by atoms with Gasteiger partial charge >= 0.3 is 6.18 Å². The molecule has 0 bridgehead atoms. The van der Waals surface area contributed by atoms with Crippen molar-refractivity contribution in [3.63, 3.8) is 0 Å². The molecule has 0 spiro atoms. The molecule has 198 valence electrons. The summed E-state index contributed by atoms with van der Waals surface area (Å²) in [6, 6.07) is 16.3. The molecule has 1 atom stereocenters. The number of aliphatic imine (C=N–C) groups is 1. The van der Waals surface area contributed by atoms with Crippen molar-refractivity contribution in [1.82, 2.24) is 4.90 Å². The van der Waals surface area contributed by atoms with E-state index >= 15 is 0 Å². The summed E-state index contributed by atoms with van der Waals surface area (Å²) in [4.78, 5) is 32.6. The van der Waals surface area contributed by atoms with Crippen molar-refractivity contribution in [2.24, 2.45) is 4.99 Å². The van der Waals surface area contributed by atoms with Gasteiger partial charge < -0.3 is 5.32 Å². The summed E-state index contributed by atoms with van der Waals surface area (Å²) in [5.74, 6) is -0.925. The van der Waals surface area contributed by atoms with E-state index in [1.807, 2.05) is 63.2 Å². The Bertz CT molecular complexity index is 1390. The number of benzene rings is 3. The monoisotopic (exact) mass is 559 g/mol. The lowest BCUT2D eigenvalue weighted by atomic mass is 10.1. The second-order valence-corrected chi connectivity index (χ2v) is 10.7. The molecular weight excluding hydrogens is 535 g/mol. The van der Waals surface area contributed by atoms with E-state index in [1.54, 1.807) is 4.90 Å². The van der Waals surface area contributed by atoms with Gasteiger partial charge in [-0.25, -0.2) is 4.99 Å². The topological polar surface area (TPSA) is 61.8 Å². The molecule has 4 rings (SSSR count). The molecule has 1 aliphatic rings. The van der Waals surface area contributed by atoms with Crippen LogP contribution in [0.1, 0.15) is 34.2 Å². The number of hydrogen-bond donors (Lipinski definition) is 1. The third kappa shape index (κ3) is 6.39. The maximum Gasteiger partial charge on any atom is 0.416 e. The molecule has 0 radical (unpaired) electrons. The van der Waals surface area contributed by atoms with Crippen LogP contribution in [0.15, 0.2) is 65.7 Å². The summed E-state index contributed by atoms with van der Waals surface area (Å²) in [6.07, 6.45) is -4.84. The second-order valence-electron chi connectivity index (χ2n) is 9.10. The minimum Gasteiger partial charge on any atom is -0.325 e. The van der Waals surface area contributed by atoms with Gasteiger partial charge in [0, 0.05) is 6.42 Å². The number of rotatable bonds is 6. The van der Waals surface area contributed by atoms with Crippen molar-refractivity contribution < 1.29 is 22.8 Å². The third-order valence-electron chi connectivity index (χ3n) is 6.07. The number of amidine groups is 1. The molecular formula is C28H25ClF3N3O2S. The molecule has 1 saturated heterocycles. The number of aryl methyl sites for hydroxylation is 3. The molecule has 0 unspecified atom stereocenters. The van der Waals surface area contributed by atoms with Gasteiger partial charge in [-0.3, -0.25) is 14.5 Å². The van der Waals surface area contributed by atoms with Crippen LogP contribution in [-0.4, -0.2) is 27.1 Å². The molecule has 38 heavy (non-hydrogen) atoms. The second kappa shape index (κ2) is 11.2. The maximum absolute atomic E-state index is 13.5. The number of anilines is 1. The Hall–Kier alpha value is -3.30. The van der Waals surface area contributed by atoms with E-state index in [9.17, 15) is 22.8 Å². The molecule has 1 fully saturated rings. The van der Waals surface area contributed by atoms with Crippen molar-refractivity contribution in [2.75, 3.05) is 5.32 Å². The zero-order chi connectivity index (χ0) is 27.6. The van der Waals surface area contributed by atoms with Crippen LogP contribution in [0.5, 0.6) is 0 Å². The number of amides is 2. The fourth-order valence-corrected chi connectivity index (χ4v) is 5.30. The van der Waals surface area contributed by atoms with Crippen LogP contribution in [0.25, 0.3) is 0 Å². The van der Waals surface area contributed by atoms with E-state index in [0.29, 0.717) is 5.17 Å². The average molecular weight is 560 g/mol. The van der Waals surface area contributed by atoms with Gasteiger partial charge in [0.05, 0.1) is 28.5 Å². The van der Waals surface area contributed by atoms with Crippen molar-refractivity contribution in [2.45, 2.75) is 45.2 Å². The minimum atomic E-state index is -4.59. The smallest absolute Gasteiger partial charge is 0.325 e. The van der Waals surface area contributed by atoms with Gasteiger partial charge in [-0.1, -0.05) is 71.4 Å². The maximum atomic E-state index is 13.5. The Morgan fingerprint density at radius 2 is 1.71 bits per heavy atom. The third-order valence-corrected chi connectivity index (χ3v) is 7.57. The number of carbonyl (C=O) groups is 2. The van der Waals surface area contributed by atoms with Gasteiger partial charge in [0.2, 0.25) is 11.8 Å². The molecule has 3 aromatic carbocycles. The van der Waals surface area contributed by atoms with Crippen LogP contribution < -0.4 is 5.32 Å². The predicted molar refractivity (Wildman–Crippen MR) is 146 cm³/mol.